The molecule has 5 nitrogen and oxygen atoms in total. The van der Waals surface area contributed by atoms with Gasteiger partial charge >= 0.3 is 0 Å². The van der Waals surface area contributed by atoms with E-state index in [1.54, 1.807) is 11.4 Å². The molecule has 2 heterocycles. The van der Waals surface area contributed by atoms with Crippen LogP contribution in [0.25, 0.3) is 0 Å². The summed E-state index contributed by atoms with van der Waals surface area (Å²) in [6.45, 7) is 2.64. The monoisotopic (exact) mass is 351 g/mol. The van der Waals surface area contributed by atoms with Gasteiger partial charge in [-0.2, -0.15) is 0 Å². The first kappa shape index (κ1) is 17.9. The van der Waals surface area contributed by atoms with Gasteiger partial charge in [0.05, 0.1) is 5.75 Å². The Morgan fingerprint density at radius 2 is 1.92 bits per heavy atom. The third-order valence-corrected chi connectivity index (χ3v) is 7.39. The van der Waals surface area contributed by atoms with E-state index >= 15 is 0 Å². The van der Waals surface area contributed by atoms with E-state index in [0.717, 1.165) is 32.4 Å². The highest BCUT2D eigenvalue weighted by molar-refractivity contribution is 7.89. The first-order valence-corrected chi connectivity index (χ1v) is 10.4. The van der Waals surface area contributed by atoms with E-state index in [2.05, 4.69) is 29.2 Å². The van der Waals surface area contributed by atoms with Gasteiger partial charge in [-0.1, -0.05) is 24.3 Å². The Kier molecular flexibility index (Phi) is 5.30. The van der Waals surface area contributed by atoms with Crippen LogP contribution < -0.4 is 0 Å². The molecule has 1 fully saturated rings. The summed E-state index contributed by atoms with van der Waals surface area (Å²) in [7, 11) is 2.39. The van der Waals surface area contributed by atoms with E-state index in [-0.39, 0.29) is 11.8 Å². The van der Waals surface area contributed by atoms with Gasteiger partial charge in [0.2, 0.25) is 10.0 Å². The van der Waals surface area contributed by atoms with Gasteiger partial charge in [-0.3, -0.25) is 4.90 Å². The van der Waals surface area contributed by atoms with E-state index in [4.69, 9.17) is 0 Å². The van der Waals surface area contributed by atoms with E-state index in [1.165, 1.54) is 11.1 Å². The summed E-state index contributed by atoms with van der Waals surface area (Å²) in [6, 6.07) is 9.10. The normalized spacial score (nSPS) is 24.9. The van der Waals surface area contributed by atoms with Crippen LogP contribution in [0.3, 0.4) is 0 Å². The first-order valence-electron chi connectivity index (χ1n) is 8.81. The molecule has 0 saturated carbocycles. The molecule has 2 aliphatic heterocycles. The Labute approximate surface area is 146 Å². The minimum Gasteiger partial charge on any atom is -0.308 e. The minimum absolute atomic E-state index is 0.101. The van der Waals surface area contributed by atoms with E-state index < -0.39 is 10.0 Å². The Morgan fingerprint density at radius 3 is 2.67 bits per heavy atom. The number of piperidine rings is 1. The van der Waals surface area contributed by atoms with Gasteiger partial charge < -0.3 is 4.90 Å². The summed E-state index contributed by atoms with van der Waals surface area (Å²) in [5, 5.41) is 0. The molecule has 2 atom stereocenters. The molecule has 0 aromatic heterocycles. The molecule has 0 bridgehead atoms. The maximum absolute atomic E-state index is 12.6. The van der Waals surface area contributed by atoms with Gasteiger partial charge in [0.25, 0.3) is 0 Å². The van der Waals surface area contributed by atoms with Gasteiger partial charge in [0.15, 0.2) is 0 Å². The average molecular weight is 352 g/mol. The van der Waals surface area contributed by atoms with Gasteiger partial charge in [0.1, 0.15) is 0 Å². The Morgan fingerprint density at radius 1 is 1.17 bits per heavy atom. The molecule has 2 aliphatic rings. The fourth-order valence-corrected chi connectivity index (χ4v) is 5.47. The number of rotatable bonds is 5. The lowest BCUT2D eigenvalue weighted by molar-refractivity contribution is 0.0969. The summed E-state index contributed by atoms with van der Waals surface area (Å²) < 4.78 is 26.9. The van der Waals surface area contributed by atoms with Gasteiger partial charge in [-0.25, -0.2) is 12.7 Å². The van der Waals surface area contributed by atoms with Crippen molar-refractivity contribution in [2.75, 3.05) is 46.5 Å². The molecule has 1 aromatic carbocycles. The van der Waals surface area contributed by atoms with Crippen molar-refractivity contribution in [3.05, 3.63) is 35.4 Å². The predicted octanol–water partition coefficient (Wildman–Crippen LogP) is 1.57. The molecule has 0 N–H and O–H groups in total. The van der Waals surface area contributed by atoms with Crippen LogP contribution in [0.5, 0.6) is 0 Å². The van der Waals surface area contributed by atoms with Crippen molar-refractivity contribution in [3.63, 3.8) is 0 Å². The Balaban J connectivity index is 1.74. The maximum Gasteiger partial charge on any atom is 0.215 e. The molecule has 6 heteroatoms. The van der Waals surface area contributed by atoms with Gasteiger partial charge in [0, 0.05) is 38.8 Å². The third kappa shape index (κ3) is 3.67. The first-order chi connectivity index (χ1) is 11.4. The SMILES string of the molecule is CN(C)CCS(=O)(=O)N(C)C1CCN2CCc3ccccc3C2C1. The molecule has 0 amide bonds. The lowest BCUT2D eigenvalue weighted by Crippen LogP contribution is -2.49. The van der Waals surface area contributed by atoms with Crippen molar-refractivity contribution in [1.29, 1.82) is 0 Å². The second-order valence-corrected chi connectivity index (χ2v) is 9.46. The largest absolute Gasteiger partial charge is 0.308 e. The zero-order valence-corrected chi connectivity index (χ0v) is 15.8. The van der Waals surface area contributed by atoms with Crippen LogP contribution in [0.15, 0.2) is 24.3 Å². The Bertz CT molecular complexity index is 675. The molecule has 3 rings (SSSR count). The summed E-state index contributed by atoms with van der Waals surface area (Å²) in [5.74, 6) is 0.192. The summed E-state index contributed by atoms with van der Waals surface area (Å²) in [6.07, 6.45) is 2.93. The topological polar surface area (TPSA) is 43.9 Å². The molecule has 2 unspecified atom stereocenters. The number of sulfonamides is 1. The molecule has 0 spiro atoms. The highest BCUT2D eigenvalue weighted by Gasteiger charge is 2.37. The maximum atomic E-state index is 12.6. The summed E-state index contributed by atoms with van der Waals surface area (Å²) in [5.41, 5.74) is 2.82. The molecular weight excluding hydrogens is 322 g/mol. The van der Waals surface area contributed by atoms with Crippen molar-refractivity contribution in [1.82, 2.24) is 14.1 Å². The molecular formula is C18H29N3O2S. The lowest BCUT2D eigenvalue weighted by Gasteiger charge is -2.45. The second kappa shape index (κ2) is 7.12. The number of nitrogens with zero attached hydrogens (tertiary/aromatic N) is 3. The van der Waals surface area contributed by atoms with Crippen LogP contribution in [-0.2, 0) is 16.4 Å². The van der Waals surface area contributed by atoms with Crippen LogP contribution in [0, 0.1) is 0 Å². The molecule has 1 saturated heterocycles. The highest BCUT2D eigenvalue weighted by Crippen LogP contribution is 2.38. The number of hydrogen-bond acceptors (Lipinski definition) is 4. The third-order valence-electron chi connectivity index (χ3n) is 5.52. The lowest BCUT2D eigenvalue weighted by atomic mass is 9.85. The van der Waals surface area contributed by atoms with Crippen LogP contribution in [0.1, 0.15) is 30.0 Å². The molecule has 0 aliphatic carbocycles. The fourth-order valence-electron chi connectivity index (χ4n) is 3.94. The van der Waals surface area contributed by atoms with Crippen molar-refractivity contribution in [3.8, 4) is 0 Å². The molecule has 24 heavy (non-hydrogen) atoms. The van der Waals surface area contributed by atoms with Crippen LogP contribution >= 0.6 is 0 Å². The standard InChI is InChI=1S/C18H29N3O2S/c1-19(2)12-13-24(22,23)20(3)16-9-11-21-10-8-15-6-4-5-7-17(15)18(21)14-16/h4-7,16,18H,8-14H2,1-3H3. The summed E-state index contributed by atoms with van der Waals surface area (Å²) in [4.78, 5) is 4.45. The number of fused-ring (bicyclic) bond motifs is 3. The molecule has 134 valence electrons. The molecule has 1 aromatic rings. The smallest absolute Gasteiger partial charge is 0.215 e. The quantitative estimate of drug-likeness (QED) is 0.808. The minimum atomic E-state index is -3.20. The van der Waals surface area contributed by atoms with Crippen LogP contribution in [0.4, 0.5) is 0 Å². The zero-order valence-electron chi connectivity index (χ0n) is 15.0. The van der Waals surface area contributed by atoms with E-state index in [0.29, 0.717) is 12.6 Å². The fraction of sp³-hybridized carbons (Fsp3) is 0.667. The van der Waals surface area contributed by atoms with Crippen molar-refractivity contribution in [2.24, 2.45) is 0 Å². The highest BCUT2D eigenvalue weighted by atomic mass is 32.2. The summed E-state index contributed by atoms with van der Waals surface area (Å²) >= 11 is 0. The average Bonchev–Trinajstić information content (AvgIpc) is 2.59. The van der Waals surface area contributed by atoms with Crippen molar-refractivity contribution >= 4 is 10.0 Å². The van der Waals surface area contributed by atoms with E-state index in [9.17, 15) is 8.42 Å². The van der Waals surface area contributed by atoms with Gasteiger partial charge in [-0.15, -0.1) is 0 Å². The van der Waals surface area contributed by atoms with Crippen molar-refractivity contribution < 1.29 is 8.42 Å². The second-order valence-electron chi connectivity index (χ2n) is 7.31. The molecule has 0 radical (unpaired) electrons. The Hall–Kier alpha value is -0.950. The van der Waals surface area contributed by atoms with Crippen LogP contribution in [-0.4, -0.2) is 75.1 Å². The number of hydrogen-bond donors (Lipinski definition) is 0. The van der Waals surface area contributed by atoms with Crippen LogP contribution in [0.2, 0.25) is 0 Å². The van der Waals surface area contributed by atoms with Crippen molar-refractivity contribution in [2.45, 2.75) is 31.3 Å². The zero-order chi connectivity index (χ0) is 17.3. The predicted molar refractivity (Wildman–Crippen MR) is 97.6 cm³/mol. The number of benzene rings is 1. The van der Waals surface area contributed by atoms with E-state index in [1.807, 2.05) is 19.0 Å². The van der Waals surface area contributed by atoms with Gasteiger partial charge in [-0.05, 0) is 44.5 Å².